The maximum absolute atomic E-state index is 4.22. The SMILES string of the molecule is C=Cc1ccc2cc1C(CC)c1ccc(C=C)c(c1)C(CC)c1ccc(C=C)c(c1)C(CC)c1ccc(C=C)c(c1)C2CC. The molecule has 0 heterocycles. The summed E-state index contributed by atoms with van der Waals surface area (Å²) in [5.74, 6) is 1.04. The Labute approximate surface area is 266 Å². The van der Waals surface area contributed by atoms with E-state index in [1.165, 1.54) is 66.8 Å². The van der Waals surface area contributed by atoms with Gasteiger partial charge in [0.15, 0.2) is 0 Å². The van der Waals surface area contributed by atoms with Crippen LogP contribution in [-0.2, 0) is 0 Å². The summed E-state index contributed by atoms with van der Waals surface area (Å²) in [5, 5.41) is 0. The Morgan fingerprint density at radius 3 is 0.750 bits per heavy atom. The Morgan fingerprint density at radius 2 is 0.591 bits per heavy atom. The van der Waals surface area contributed by atoms with E-state index >= 15 is 0 Å². The molecule has 4 aromatic rings. The molecule has 0 heteroatoms. The van der Waals surface area contributed by atoms with Gasteiger partial charge in [-0.15, -0.1) is 0 Å². The maximum Gasteiger partial charge on any atom is 0.00928 e. The van der Waals surface area contributed by atoms with Crippen molar-refractivity contribution in [3.63, 3.8) is 0 Å². The van der Waals surface area contributed by atoms with Crippen molar-refractivity contribution >= 4 is 24.3 Å². The molecule has 0 N–H and O–H groups in total. The first-order valence-corrected chi connectivity index (χ1v) is 16.5. The summed E-state index contributed by atoms with van der Waals surface area (Å²) in [6.45, 7) is 26.1. The summed E-state index contributed by atoms with van der Waals surface area (Å²) in [7, 11) is 0. The molecule has 0 aromatic heterocycles. The number of rotatable bonds is 8. The minimum Gasteiger partial charge on any atom is -0.0985 e. The molecule has 0 saturated carbocycles. The zero-order chi connectivity index (χ0) is 31.4. The molecule has 4 unspecified atom stereocenters. The molecule has 4 aromatic carbocycles. The van der Waals surface area contributed by atoms with Crippen LogP contribution in [0.2, 0.25) is 0 Å². The van der Waals surface area contributed by atoms with Crippen LogP contribution in [0.5, 0.6) is 0 Å². The summed E-state index contributed by atoms with van der Waals surface area (Å²) in [6.07, 6.45) is 12.1. The molecule has 4 atom stereocenters. The highest BCUT2D eigenvalue weighted by Gasteiger charge is 2.26. The maximum atomic E-state index is 4.22. The van der Waals surface area contributed by atoms with Crippen LogP contribution in [0.1, 0.15) is 144 Å². The molecule has 5 rings (SSSR count). The second-order valence-corrected chi connectivity index (χ2v) is 12.2. The number of hydrogen-bond donors (Lipinski definition) is 0. The molecule has 0 spiro atoms. The van der Waals surface area contributed by atoms with E-state index in [0.717, 1.165) is 25.7 Å². The third kappa shape index (κ3) is 5.59. The van der Waals surface area contributed by atoms with Gasteiger partial charge in [-0.1, -0.05) is 151 Å². The average molecular weight is 577 g/mol. The molecule has 0 fully saturated rings. The highest BCUT2D eigenvalue weighted by atomic mass is 14.3. The Kier molecular flexibility index (Phi) is 9.70. The molecular formula is C44H48. The van der Waals surface area contributed by atoms with Crippen LogP contribution in [0.15, 0.2) is 99.1 Å². The van der Waals surface area contributed by atoms with Crippen molar-refractivity contribution in [2.24, 2.45) is 0 Å². The molecule has 0 amide bonds. The first-order chi connectivity index (χ1) is 21.5. The van der Waals surface area contributed by atoms with Crippen LogP contribution in [0.25, 0.3) is 24.3 Å². The number of benzene rings is 4. The molecule has 0 saturated heterocycles. The van der Waals surface area contributed by atoms with E-state index < -0.39 is 0 Å². The fourth-order valence-corrected chi connectivity index (χ4v) is 7.73. The highest BCUT2D eigenvalue weighted by molar-refractivity contribution is 5.63. The summed E-state index contributed by atoms with van der Waals surface area (Å²) in [4.78, 5) is 0. The standard InChI is InChI=1S/C44H48/c1-9-29-17-21-33-25-41(29)37(13-5)34-22-18-30(10-2)42(26-34)39(15-7)36-24-20-32(12-4)44(28-36)40(16-8)35-23-19-31(11-3)43(27-35)38(33)14-6/h9-12,17-28,37-40H,1-4,13-16H2,5-8H3. The van der Waals surface area contributed by atoms with Crippen LogP contribution in [-0.4, -0.2) is 0 Å². The lowest BCUT2D eigenvalue weighted by atomic mass is 9.76. The molecule has 224 valence electrons. The van der Waals surface area contributed by atoms with Gasteiger partial charge in [0.05, 0.1) is 0 Å². The van der Waals surface area contributed by atoms with Gasteiger partial charge in [0.2, 0.25) is 0 Å². The molecule has 0 nitrogen and oxygen atoms in total. The Bertz CT molecular complexity index is 1440. The summed E-state index contributed by atoms with van der Waals surface area (Å²) in [6, 6.07) is 28.3. The molecule has 8 bridgehead atoms. The predicted molar refractivity (Wildman–Crippen MR) is 195 cm³/mol. The van der Waals surface area contributed by atoms with Crippen molar-refractivity contribution in [2.75, 3.05) is 0 Å². The van der Waals surface area contributed by atoms with E-state index in [1.807, 2.05) is 24.3 Å². The van der Waals surface area contributed by atoms with Gasteiger partial charge in [0.1, 0.15) is 0 Å². The molecule has 1 aliphatic rings. The van der Waals surface area contributed by atoms with E-state index in [2.05, 4.69) is 127 Å². The zero-order valence-electron chi connectivity index (χ0n) is 27.2. The van der Waals surface area contributed by atoms with Gasteiger partial charge in [-0.3, -0.25) is 0 Å². The number of fused-ring (bicyclic) bond motifs is 8. The first-order valence-electron chi connectivity index (χ1n) is 16.5. The summed E-state index contributed by atoms with van der Waals surface area (Å²) in [5.41, 5.74) is 15.7. The molecular weight excluding hydrogens is 528 g/mol. The molecule has 0 radical (unpaired) electrons. The quantitative estimate of drug-likeness (QED) is 0.196. The van der Waals surface area contributed by atoms with Crippen molar-refractivity contribution < 1.29 is 0 Å². The van der Waals surface area contributed by atoms with Gasteiger partial charge in [-0.25, -0.2) is 0 Å². The van der Waals surface area contributed by atoms with Crippen LogP contribution in [0.4, 0.5) is 0 Å². The zero-order valence-corrected chi connectivity index (χ0v) is 27.2. The highest BCUT2D eigenvalue weighted by Crippen LogP contribution is 2.42. The fourth-order valence-electron chi connectivity index (χ4n) is 7.73. The van der Waals surface area contributed by atoms with Crippen molar-refractivity contribution in [1.29, 1.82) is 0 Å². The minimum absolute atomic E-state index is 0.261. The second-order valence-electron chi connectivity index (χ2n) is 12.2. The van der Waals surface area contributed by atoms with Crippen LogP contribution >= 0.6 is 0 Å². The largest absolute Gasteiger partial charge is 0.0985 e. The average Bonchev–Trinajstić information content (AvgIpc) is 3.06. The minimum atomic E-state index is 0.261. The van der Waals surface area contributed by atoms with Crippen LogP contribution in [0, 0.1) is 0 Å². The van der Waals surface area contributed by atoms with Gasteiger partial charge < -0.3 is 0 Å². The van der Waals surface area contributed by atoms with Gasteiger partial charge in [0, 0.05) is 23.7 Å². The van der Waals surface area contributed by atoms with Crippen LogP contribution in [0.3, 0.4) is 0 Å². The summed E-state index contributed by atoms with van der Waals surface area (Å²) >= 11 is 0. The lowest BCUT2D eigenvalue weighted by Crippen LogP contribution is -2.11. The van der Waals surface area contributed by atoms with E-state index in [1.54, 1.807) is 0 Å². The summed E-state index contributed by atoms with van der Waals surface area (Å²) < 4.78 is 0. The molecule has 0 aliphatic heterocycles. The lowest BCUT2D eigenvalue weighted by molar-refractivity contribution is 0.730. The van der Waals surface area contributed by atoms with Crippen molar-refractivity contribution in [3.8, 4) is 0 Å². The third-order valence-corrected chi connectivity index (χ3v) is 10.1. The predicted octanol–water partition coefficient (Wildman–Crippen LogP) is 12.7. The molecule has 1 aliphatic carbocycles. The van der Waals surface area contributed by atoms with Crippen molar-refractivity contribution in [2.45, 2.75) is 77.0 Å². The van der Waals surface area contributed by atoms with Crippen LogP contribution < -0.4 is 0 Å². The normalized spacial score (nSPS) is 19.2. The smallest absolute Gasteiger partial charge is 0.00928 e. The van der Waals surface area contributed by atoms with Gasteiger partial charge >= 0.3 is 0 Å². The first kappa shape index (κ1) is 31.3. The lowest BCUT2D eigenvalue weighted by Gasteiger charge is -2.28. The fraction of sp³-hybridized carbons (Fsp3) is 0.273. The van der Waals surface area contributed by atoms with E-state index in [-0.39, 0.29) is 23.7 Å². The van der Waals surface area contributed by atoms with Crippen molar-refractivity contribution in [3.05, 3.63) is 166 Å². The van der Waals surface area contributed by atoms with Gasteiger partial charge in [-0.05, 0) is 92.4 Å². The van der Waals surface area contributed by atoms with E-state index in [4.69, 9.17) is 0 Å². The van der Waals surface area contributed by atoms with E-state index in [9.17, 15) is 0 Å². The monoisotopic (exact) mass is 576 g/mol. The third-order valence-electron chi connectivity index (χ3n) is 10.1. The number of hydrogen-bond acceptors (Lipinski definition) is 0. The Hall–Kier alpha value is -4.16. The second kappa shape index (κ2) is 13.6. The Balaban J connectivity index is 1.91. The Morgan fingerprint density at radius 1 is 0.386 bits per heavy atom. The topological polar surface area (TPSA) is 0 Å². The van der Waals surface area contributed by atoms with Gasteiger partial charge in [0.25, 0.3) is 0 Å². The van der Waals surface area contributed by atoms with Crippen molar-refractivity contribution in [1.82, 2.24) is 0 Å². The van der Waals surface area contributed by atoms with E-state index in [0.29, 0.717) is 0 Å². The molecule has 44 heavy (non-hydrogen) atoms. The van der Waals surface area contributed by atoms with Gasteiger partial charge in [-0.2, -0.15) is 0 Å².